The summed E-state index contributed by atoms with van der Waals surface area (Å²) < 4.78 is 10.0. The van der Waals surface area contributed by atoms with Gasteiger partial charge in [-0.25, -0.2) is 4.79 Å². The molecule has 0 saturated heterocycles. The standard InChI is InChI=1S/C12H15NO6/c1-18-11(19-2)6-10-5-8(12(14)15)3-4-9(10)7-13(16)17/h3-5,11H,6-7H2,1-2H3,(H,14,15). The van der Waals surface area contributed by atoms with Crippen LogP contribution in [0.1, 0.15) is 21.5 Å². The van der Waals surface area contributed by atoms with Crippen molar-refractivity contribution in [3.8, 4) is 0 Å². The van der Waals surface area contributed by atoms with Crippen molar-refractivity contribution in [3.63, 3.8) is 0 Å². The molecule has 19 heavy (non-hydrogen) atoms. The third-order valence-electron chi connectivity index (χ3n) is 2.67. The highest BCUT2D eigenvalue weighted by Gasteiger charge is 2.16. The molecule has 0 amide bonds. The summed E-state index contributed by atoms with van der Waals surface area (Å²) in [6, 6.07) is 4.20. The Hall–Kier alpha value is -1.99. The minimum atomic E-state index is -1.08. The summed E-state index contributed by atoms with van der Waals surface area (Å²) in [5.74, 6) is -1.08. The SMILES string of the molecule is COC(Cc1cc(C(=O)O)ccc1C[N+](=O)[O-])OC. The molecule has 0 aliphatic carbocycles. The number of rotatable bonds is 7. The second kappa shape index (κ2) is 6.81. The lowest BCUT2D eigenvalue weighted by Crippen LogP contribution is -2.18. The predicted octanol–water partition coefficient (Wildman–Crippen LogP) is 1.32. The summed E-state index contributed by atoms with van der Waals surface area (Å²) in [6.07, 6.45) is -0.327. The first kappa shape index (κ1) is 15.1. The highest BCUT2D eigenvalue weighted by Crippen LogP contribution is 2.17. The van der Waals surface area contributed by atoms with E-state index in [1.807, 2.05) is 0 Å². The number of hydrogen-bond donors (Lipinski definition) is 1. The number of ether oxygens (including phenoxy) is 2. The Morgan fingerprint density at radius 1 is 1.37 bits per heavy atom. The van der Waals surface area contributed by atoms with E-state index in [4.69, 9.17) is 14.6 Å². The van der Waals surface area contributed by atoms with E-state index < -0.39 is 17.2 Å². The highest BCUT2D eigenvalue weighted by atomic mass is 16.7. The molecule has 104 valence electrons. The molecule has 0 bridgehead atoms. The van der Waals surface area contributed by atoms with E-state index >= 15 is 0 Å². The van der Waals surface area contributed by atoms with Gasteiger partial charge in [0.05, 0.1) is 5.56 Å². The first-order chi connectivity index (χ1) is 8.97. The van der Waals surface area contributed by atoms with Gasteiger partial charge >= 0.3 is 5.97 Å². The van der Waals surface area contributed by atoms with Crippen molar-refractivity contribution in [1.82, 2.24) is 0 Å². The van der Waals surface area contributed by atoms with Gasteiger partial charge in [0.25, 0.3) is 0 Å². The van der Waals surface area contributed by atoms with Gasteiger partial charge in [0.15, 0.2) is 6.29 Å². The number of carboxylic acid groups (broad SMARTS) is 1. The van der Waals surface area contributed by atoms with Gasteiger partial charge < -0.3 is 14.6 Å². The second-order valence-electron chi connectivity index (χ2n) is 3.88. The van der Waals surface area contributed by atoms with Gasteiger partial charge in [0, 0.05) is 31.1 Å². The van der Waals surface area contributed by atoms with Crippen molar-refractivity contribution in [1.29, 1.82) is 0 Å². The number of nitrogens with zero attached hydrogens (tertiary/aromatic N) is 1. The number of methoxy groups -OCH3 is 2. The van der Waals surface area contributed by atoms with E-state index in [0.29, 0.717) is 11.1 Å². The van der Waals surface area contributed by atoms with Gasteiger partial charge in [-0.1, -0.05) is 6.07 Å². The molecule has 0 saturated carbocycles. The fourth-order valence-electron chi connectivity index (χ4n) is 1.68. The van der Waals surface area contributed by atoms with E-state index in [1.54, 1.807) is 0 Å². The van der Waals surface area contributed by atoms with Crippen LogP contribution in [0.3, 0.4) is 0 Å². The minimum Gasteiger partial charge on any atom is -0.478 e. The summed E-state index contributed by atoms with van der Waals surface area (Å²) in [7, 11) is 2.89. The number of carbonyl (C=O) groups is 1. The fraction of sp³-hybridized carbons (Fsp3) is 0.417. The molecule has 0 radical (unpaired) electrons. The molecule has 7 nitrogen and oxygen atoms in total. The zero-order valence-electron chi connectivity index (χ0n) is 10.7. The van der Waals surface area contributed by atoms with Crippen LogP contribution in [0.4, 0.5) is 0 Å². The van der Waals surface area contributed by atoms with Gasteiger partial charge in [-0.3, -0.25) is 10.1 Å². The summed E-state index contributed by atoms with van der Waals surface area (Å²) in [5.41, 5.74) is 1.06. The number of nitro groups is 1. The predicted molar refractivity (Wildman–Crippen MR) is 65.6 cm³/mol. The Morgan fingerprint density at radius 3 is 2.47 bits per heavy atom. The number of carboxylic acids is 1. The van der Waals surface area contributed by atoms with Crippen LogP contribution in [0.25, 0.3) is 0 Å². The van der Waals surface area contributed by atoms with Crippen molar-refractivity contribution >= 4 is 5.97 Å². The number of hydrogen-bond acceptors (Lipinski definition) is 5. The van der Waals surface area contributed by atoms with Crippen molar-refractivity contribution in [3.05, 3.63) is 45.0 Å². The molecule has 0 aromatic heterocycles. The molecular weight excluding hydrogens is 254 g/mol. The maximum absolute atomic E-state index is 10.9. The van der Waals surface area contributed by atoms with Crippen molar-refractivity contribution in [2.75, 3.05) is 14.2 Å². The maximum Gasteiger partial charge on any atom is 0.335 e. The normalized spacial score (nSPS) is 10.7. The van der Waals surface area contributed by atoms with Gasteiger partial charge in [-0.05, 0) is 17.7 Å². The van der Waals surface area contributed by atoms with Gasteiger partial charge in [-0.15, -0.1) is 0 Å². The Kier molecular flexibility index (Phi) is 5.40. The van der Waals surface area contributed by atoms with Crippen LogP contribution in [-0.2, 0) is 22.4 Å². The van der Waals surface area contributed by atoms with E-state index in [0.717, 1.165) is 0 Å². The molecule has 1 aromatic carbocycles. The molecule has 0 atom stereocenters. The van der Waals surface area contributed by atoms with Crippen LogP contribution in [0.2, 0.25) is 0 Å². The fourth-order valence-corrected chi connectivity index (χ4v) is 1.68. The lowest BCUT2D eigenvalue weighted by atomic mass is 10.0. The largest absolute Gasteiger partial charge is 0.478 e. The van der Waals surface area contributed by atoms with Crippen LogP contribution in [0.5, 0.6) is 0 Å². The molecule has 0 unspecified atom stereocenters. The molecular formula is C12H15NO6. The highest BCUT2D eigenvalue weighted by molar-refractivity contribution is 5.87. The zero-order valence-corrected chi connectivity index (χ0v) is 10.7. The topological polar surface area (TPSA) is 98.9 Å². The van der Waals surface area contributed by atoms with E-state index in [2.05, 4.69) is 0 Å². The quantitative estimate of drug-likeness (QED) is 0.455. The summed E-state index contributed by atoms with van der Waals surface area (Å²) in [4.78, 5) is 21.0. The third kappa shape index (κ3) is 4.31. The molecule has 0 spiro atoms. The zero-order chi connectivity index (χ0) is 14.4. The van der Waals surface area contributed by atoms with Crippen LogP contribution in [0.15, 0.2) is 18.2 Å². The van der Waals surface area contributed by atoms with E-state index in [9.17, 15) is 14.9 Å². The lowest BCUT2D eigenvalue weighted by Gasteiger charge is -2.15. The van der Waals surface area contributed by atoms with Crippen molar-refractivity contribution < 1.29 is 24.3 Å². The molecule has 0 fully saturated rings. The average molecular weight is 269 g/mol. The number of benzene rings is 1. The average Bonchev–Trinajstić information content (AvgIpc) is 2.36. The third-order valence-corrected chi connectivity index (χ3v) is 2.67. The van der Waals surface area contributed by atoms with Crippen LogP contribution < -0.4 is 0 Å². The molecule has 1 aromatic rings. The molecule has 1 rings (SSSR count). The maximum atomic E-state index is 10.9. The molecule has 0 heterocycles. The summed E-state index contributed by atoms with van der Waals surface area (Å²) in [6.45, 7) is -0.366. The first-order valence-corrected chi connectivity index (χ1v) is 5.50. The van der Waals surface area contributed by atoms with Crippen LogP contribution in [-0.4, -0.2) is 36.5 Å². The van der Waals surface area contributed by atoms with Crippen LogP contribution >= 0.6 is 0 Å². The molecule has 0 aliphatic heterocycles. The number of aromatic carboxylic acids is 1. The molecule has 1 N–H and O–H groups in total. The van der Waals surface area contributed by atoms with E-state index in [1.165, 1.54) is 32.4 Å². The molecule has 7 heteroatoms. The van der Waals surface area contributed by atoms with Gasteiger partial charge in [0.1, 0.15) is 0 Å². The van der Waals surface area contributed by atoms with Crippen molar-refractivity contribution in [2.24, 2.45) is 0 Å². The lowest BCUT2D eigenvalue weighted by molar-refractivity contribution is -0.496. The summed E-state index contributed by atoms with van der Waals surface area (Å²) in [5, 5.41) is 19.5. The second-order valence-corrected chi connectivity index (χ2v) is 3.88. The van der Waals surface area contributed by atoms with Gasteiger partial charge in [0.2, 0.25) is 6.54 Å². The van der Waals surface area contributed by atoms with Crippen LogP contribution in [0, 0.1) is 10.1 Å². The van der Waals surface area contributed by atoms with Crippen molar-refractivity contribution in [2.45, 2.75) is 19.3 Å². The van der Waals surface area contributed by atoms with E-state index in [-0.39, 0.29) is 18.5 Å². The molecule has 0 aliphatic rings. The first-order valence-electron chi connectivity index (χ1n) is 5.50. The minimum absolute atomic E-state index is 0.0769. The Bertz CT molecular complexity index is 469. The Balaban J connectivity index is 3.09. The monoisotopic (exact) mass is 269 g/mol. The Morgan fingerprint density at radius 2 is 2.00 bits per heavy atom. The summed E-state index contributed by atoms with van der Waals surface area (Å²) >= 11 is 0. The smallest absolute Gasteiger partial charge is 0.335 e. The van der Waals surface area contributed by atoms with Gasteiger partial charge in [-0.2, -0.15) is 0 Å². The Labute approximate surface area is 109 Å².